The summed E-state index contributed by atoms with van der Waals surface area (Å²) in [5.74, 6) is 0. The number of benzene rings is 2. The maximum atomic E-state index is 3.69. The Hall–Kier alpha value is -1.76. The lowest BCUT2D eigenvalue weighted by molar-refractivity contribution is 0.464. The van der Waals surface area contributed by atoms with E-state index in [0.29, 0.717) is 6.04 Å². The van der Waals surface area contributed by atoms with E-state index in [1.165, 1.54) is 27.9 Å². The van der Waals surface area contributed by atoms with Gasteiger partial charge in [-0.2, -0.15) is 0 Å². The summed E-state index contributed by atoms with van der Waals surface area (Å²) in [6, 6.07) is 15.9. The summed E-state index contributed by atoms with van der Waals surface area (Å²) in [7, 11) is 0. The van der Waals surface area contributed by atoms with E-state index < -0.39 is 0 Å². The second kappa shape index (κ2) is 4.66. The molecule has 0 spiro atoms. The minimum absolute atomic E-state index is 0.0946. The molecule has 0 saturated heterocycles. The van der Waals surface area contributed by atoms with Crippen LogP contribution in [0.1, 0.15) is 42.5 Å². The number of fused-ring (bicyclic) bond motifs is 1. The second-order valence-corrected chi connectivity index (χ2v) is 6.40. The van der Waals surface area contributed by atoms with Gasteiger partial charge in [0.2, 0.25) is 0 Å². The molecule has 0 amide bonds. The quantitative estimate of drug-likeness (QED) is 0.780. The summed E-state index contributed by atoms with van der Waals surface area (Å²) in [5, 5.41) is 3.69. The standard InChI is InChI=1S/C19H23N/c1-13-10-11-14(2)18-17(13)19(4,12-15(3)20-18)16-8-6-5-7-9-16/h5-11,15,20H,12H2,1-4H3. The first-order valence-electron chi connectivity index (χ1n) is 7.45. The lowest BCUT2D eigenvalue weighted by Crippen LogP contribution is -2.38. The molecule has 1 heteroatoms. The second-order valence-electron chi connectivity index (χ2n) is 6.40. The molecule has 104 valence electrons. The average molecular weight is 265 g/mol. The highest BCUT2D eigenvalue weighted by molar-refractivity contribution is 5.67. The van der Waals surface area contributed by atoms with E-state index >= 15 is 0 Å². The van der Waals surface area contributed by atoms with Crippen molar-refractivity contribution in [3.8, 4) is 0 Å². The summed E-state index contributed by atoms with van der Waals surface area (Å²) in [5.41, 5.74) is 7.06. The number of nitrogens with one attached hydrogen (secondary N) is 1. The fourth-order valence-electron chi connectivity index (χ4n) is 3.79. The summed E-state index contributed by atoms with van der Waals surface area (Å²) >= 11 is 0. The zero-order valence-electron chi connectivity index (χ0n) is 12.8. The van der Waals surface area contributed by atoms with Gasteiger partial charge in [-0.1, -0.05) is 49.4 Å². The minimum Gasteiger partial charge on any atom is -0.382 e. The molecule has 3 rings (SSSR count). The average Bonchev–Trinajstić information content (AvgIpc) is 2.43. The monoisotopic (exact) mass is 265 g/mol. The summed E-state index contributed by atoms with van der Waals surface area (Å²) < 4.78 is 0. The van der Waals surface area contributed by atoms with Gasteiger partial charge in [-0.05, 0) is 49.4 Å². The van der Waals surface area contributed by atoms with E-state index in [1.54, 1.807) is 0 Å². The predicted molar refractivity (Wildman–Crippen MR) is 86.5 cm³/mol. The summed E-state index contributed by atoms with van der Waals surface area (Å²) in [4.78, 5) is 0. The number of anilines is 1. The van der Waals surface area contributed by atoms with Crippen LogP contribution in [0, 0.1) is 13.8 Å². The summed E-state index contributed by atoms with van der Waals surface area (Å²) in [6.45, 7) is 9.11. The molecule has 0 bridgehead atoms. The molecule has 1 N–H and O–H groups in total. The molecule has 20 heavy (non-hydrogen) atoms. The Balaban J connectivity index is 2.27. The molecule has 1 aliphatic rings. The van der Waals surface area contributed by atoms with Crippen LogP contribution in [0.3, 0.4) is 0 Å². The van der Waals surface area contributed by atoms with Crippen LogP contribution < -0.4 is 5.32 Å². The number of hydrogen-bond acceptors (Lipinski definition) is 1. The van der Waals surface area contributed by atoms with Gasteiger partial charge in [0, 0.05) is 17.1 Å². The maximum Gasteiger partial charge on any atom is 0.0416 e. The van der Waals surface area contributed by atoms with Crippen molar-refractivity contribution in [3.05, 3.63) is 64.7 Å². The van der Waals surface area contributed by atoms with Crippen molar-refractivity contribution in [2.24, 2.45) is 0 Å². The Morgan fingerprint density at radius 1 is 1.00 bits per heavy atom. The van der Waals surface area contributed by atoms with Crippen LogP contribution in [0.25, 0.3) is 0 Å². The lowest BCUT2D eigenvalue weighted by Gasteiger charge is -2.42. The van der Waals surface area contributed by atoms with Gasteiger partial charge in [0.1, 0.15) is 0 Å². The van der Waals surface area contributed by atoms with Crippen LogP contribution in [-0.4, -0.2) is 6.04 Å². The van der Waals surface area contributed by atoms with E-state index in [4.69, 9.17) is 0 Å². The predicted octanol–water partition coefficient (Wildman–Crippen LogP) is 4.81. The largest absolute Gasteiger partial charge is 0.382 e. The van der Waals surface area contributed by atoms with Crippen molar-refractivity contribution >= 4 is 5.69 Å². The maximum absolute atomic E-state index is 3.69. The van der Waals surface area contributed by atoms with Crippen LogP contribution in [0.5, 0.6) is 0 Å². The molecule has 0 aliphatic carbocycles. The number of hydrogen-bond donors (Lipinski definition) is 1. The van der Waals surface area contributed by atoms with Gasteiger partial charge in [0.05, 0.1) is 0 Å². The Morgan fingerprint density at radius 3 is 2.35 bits per heavy atom. The van der Waals surface area contributed by atoms with Gasteiger partial charge in [-0.15, -0.1) is 0 Å². The highest BCUT2D eigenvalue weighted by Gasteiger charge is 2.38. The Labute approximate surface area is 122 Å². The van der Waals surface area contributed by atoms with Crippen LogP contribution in [0.4, 0.5) is 5.69 Å². The van der Waals surface area contributed by atoms with Gasteiger partial charge in [0.15, 0.2) is 0 Å². The third kappa shape index (κ3) is 1.93. The SMILES string of the molecule is Cc1ccc(C)c2c1NC(C)CC2(C)c1ccccc1. The fourth-order valence-corrected chi connectivity index (χ4v) is 3.79. The molecule has 2 unspecified atom stereocenters. The van der Waals surface area contributed by atoms with Crippen molar-refractivity contribution in [3.63, 3.8) is 0 Å². The lowest BCUT2D eigenvalue weighted by atomic mass is 9.67. The first-order chi connectivity index (χ1) is 9.52. The molecule has 2 atom stereocenters. The Bertz CT molecular complexity index is 630. The van der Waals surface area contributed by atoms with Gasteiger partial charge in [0.25, 0.3) is 0 Å². The Kier molecular flexibility index (Phi) is 3.08. The van der Waals surface area contributed by atoms with E-state index in [1.807, 2.05) is 0 Å². The van der Waals surface area contributed by atoms with Crippen molar-refractivity contribution in [1.29, 1.82) is 0 Å². The highest BCUT2D eigenvalue weighted by Crippen LogP contribution is 2.46. The van der Waals surface area contributed by atoms with Crippen LogP contribution >= 0.6 is 0 Å². The van der Waals surface area contributed by atoms with Crippen molar-refractivity contribution in [2.75, 3.05) is 5.32 Å². The third-order valence-corrected chi connectivity index (χ3v) is 4.69. The van der Waals surface area contributed by atoms with E-state index in [-0.39, 0.29) is 5.41 Å². The molecule has 2 aromatic rings. The highest BCUT2D eigenvalue weighted by atomic mass is 14.9. The van der Waals surface area contributed by atoms with Gasteiger partial charge in [-0.3, -0.25) is 0 Å². The zero-order chi connectivity index (χ0) is 14.3. The van der Waals surface area contributed by atoms with Crippen molar-refractivity contribution < 1.29 is 0 Å². The van der Waals surface area contributed by atoms with Crippen molar-refractivity contribution in [1.82, 2.24) is 0 Å². The number of rotatable bonds is 1. The molecule has 1 aliphatic heterocycles. The molecule has 2 aromatic carbocycles. The van der Waals surface area contributed by atoms with Crippen LogP contribution in [0.2, 0.25) is 0 Å². The Morgan fingerprint density at radius 2 is 1.65 bits per heavy atom. The van der Waals surface area contributed by atoms with Gasteiger partial charge >= 0.3 is 0 Å². The van der Waals surface area contributed by atoms with Gasteiger partial charge in [-0.25, -0.2) is 0 Å². The fraction of sp³-hybridized carbons (Fsp3) is 0.368. The minimum atomic E-state index is 0.0946. The van der Waals surface area contributed by atoms with Gasteiger partial charge < -0.3 is 5.32 Å². The molecule has 0 saturated carbocycles. The van der Waals surface area contributed by atoms with Crippen LogP contribution in [-0.2, 0) is 5.41 Å². The first-order valence-corrected chi connectivity index (χ1v) is 7.45. The normalized spacial score (nSPS) is 24.9. The van der Waals surface area contributed by atoms with E-state index in [9.17, 15) is 0 Å². The smallest absolute Gasteiger partial charge is 0.0416 e. The first kappa shape index (κ1) is 13.2. The topological polar surface area (TPSA) is 12.0 Å². The van der Waals surface area contributed by atoms with E-state index in [2.05, 4.69) is 75.5 Å². The summed E-state index contributed by atoms with van der Waals surface area (Å²) in [6.07, 6.45) is 1.13. The molecule has 0 aromatic heterocycles. The molecule has 1 nitrogen and oxygen atoms in total. The number of aryl methyl sites for hydroxylation is 2. The third-order valence-electron chi connectivity index (χ3n) is 4.69. The molecule has 1 heterocycles. The zero-order valence-corrected chi connectivity index (χ0v) is 12.8. The van der Waals surface area contributed by atoms with Crippen LogP contribution in [0.15, 0.2) is 42.5 Å². The molecular weight excluding hydrogens is 242 g/mol. The molecular formula is C19H23N. The molecule has 0 fully saturated rings. The molecule has 0 radical (unpaired) electrons. The van der Waals surface area contributed by atoms with Crippen molar-refractivity contribution in [2.45, 2.75) is 45.6 Å². The van der Waals surface area contributed by atoms with E-state index in [0.717, 1.165) is 6.42 Å².